The molecule has 0 bridgehead atoms. The molecule has 4 nitrogen and oxygen atoms in total. The van der Waals surface area contributed by atoms with Crippen molar-refractivity contribution >= 4 is 11.8 Å². The van der Waals surface area contributed by atoms with E-state index in [0.717, 1.165) is 31.5 Å². The largest absolute Gasteiger partial charge is 0.352 e. The van der Waals surface area contributed by atoms with Crippen LogP contribution in [0.5, 0.6) is 0 Å². The minimum absolute atomic E-state index is 0.0540. The number of benzene rings is 2. The number of nitrogens with zero attached hydrogens (tertiary/aromatic N) is 1. The third-order valence-corrected chi connectivity index (χ3v) is 4.68. The van der Waals surface area contributed by atoms with Gasteiger partial charge in [0.25, 0.3) is 5.91 Å². The van der Waals surface area contributed by atoms with Crippen LogP contribution in [0.2, 0.25) is 0 Å². The molecule has 1 unspecified atom stereocenters. The fourth-order valence-electron chi connectivity index (χ4n) is 3.31. The van der Waals surface area contributed by atoms with Crippen molar-refractivity contribution in [2.75, 3.05) is 13.1 Å². The van der Waals surface area contributed by atoms with Gasteiger partial charge in [-0.1, -0.05) is 42.5 Å². The van der Waals surface area contributed by atoms with Crippen molar-refractivity contribution in [3.8, 4) is 0 Å². The Labute approximate surface area is 148 Å². The van der Waals surface area contributed by atoms with Crippen molar-refractivity contribution in [3.63, 3.8) is 0 Å². The molecule has 3 rings (SSSR count). The molecule has 4 heteroatoms. The summed E-state index contributed by atoms with van der Waals surface area (Å²) in [6, 6.07) is 18.0. The van der Waals surface area contributed by atoms with E-state index in [2.05, 4.69) is 29.6 Å². The molecular weight excluding hydrogens is 312 g/mol. The van der Waals surface area contributed by atoms with E-state index in [1.165, 1.54) is 12.5 Å². The summed E-state index contributed by atoms with van der Waals surface area (Å²) in [6.45, 7) is 3.63. The molecule has 0 radical (unpaired) electrons. The van der Waals surface area contributed by atoms with Crippen LogP contribution < -0.4 is 5.32 Å². The second-order valence-corrected chi connectivity index (χ2v) is 6.70. The molecule has 130 valence electrons. The second-order valence-electron chi connectivity index (χ2n) is 6.70. The van der Waals surface area contributed by atoms with Crippen LogP contribution >= 0.6 is 0 Å². The SMILES string of the molecule is CC(=O)NCc1ccc(C(=O)N2CCC(Cc3ccccc3)C2)cc1. The lowest BCUT2D eigenvalue weighted by Gasteiger charge is -2.17. The summed E-state index contributed by atoms with van der Waals surface area (Å²) >= 11 is 0. The summed E-state index contributed by atoms with van der Waals surface area (Å²) in [4.78, 5) is 25.6. The average Bonchev–Trinajstić information content (AvgIpc) is 3.09. The number of amides is 2. The Morgan fingerprint density at radius 1 is 1.04 bits per heavy atom. The molecule has 1 aliphatic rings. The lowest BCUT2D eigenvalue weighted by atomic mass is 9.99. The van der Waals surface area contributed by atoms with Crippen LogP contribution in [0.15, 0.2) is 54.6 Å². The zero-order valence-corrected chi connectivity index (χ0v) is 14.6. The van der Waals surface area contributed by atoms with Crippen LogP contribution in [0.1, 0.15) is 34.8 Å². The maximum Gasteiger partial charge on any atom is 0.253 e. The Morgan fingerprint density at radius 3 is 2.44 bits per heavy atom. The number of carbonyl (C=O) groups is 2. The Kier molecular flexibility index (Phi) is 5.49. The zero-order chi connectivity index (χ0) is 17.6. The van der Waals surface area contributed by atoms with Gasteiger partial charge in [-0.3, -0.25) is 9.59 Å². The number of rotatable bonds is 5. The molecule has 2 amide bonds. The Morgan fingerprint density at radius 2 is 1.76 bits per heavy atom. The molecule has 1 fully saturated rings. The highest BCUT2D eigenvalue weighted by atomic mass is 16.2. The molecule has 1 atom stereocenters. The van der Waals surface area contributed by atoms with Crippen molar-refractivity contribution < 1.29 is 9.59 Å². The number of nitrogens with one attached hydrogen (secondary N) is 1. The van der Waals surface area contributed by atoms with E-state index >= 15 is 0 Å². The zero-order valence-electron chi connectivity index (χ0n) is 14.6. The van der Waals surface area contributed by atoms with Gasteiger partial charge in [0.05, 0.1) is 0 Å². The van der Waals surface area contributed by atoms with Gasteiger partial charge in [0.1, 0.15) is 0 Å². The molecule has 25 heavy (non-hydrogen) atoms. The molecular formula is C21H24N2O2. The predicted octanol–water partition coefficient (Wildman–Crippen LogP) is 3.03. The highest BCUT2D eigenvalue weighted by molar-refractivity contribution is 5.94. The molecule has 1 heterocycles. The van der Waals surface area contributed by atoms with Gasteiger partial charge in [-0.2, -0.15) is 0 Å². The quantitative estimate of drug-likeness (QED) is 0.912. The Bertz CT molecular complexity index is 725. The van der Waals surface area contributed by atoms with Gasteiger partial charge in [-0.25, -0.2) is 0 Å². The summed E-state index contributed by atoms with van der Waals surface area (Å²) in [5.74, 6) is 0.578. The second kappa shape index (κ2) is 7.97. The van der Waals surface area contributed by atoms with Gasteiger partial charge in [-0.15, -0.1) is 0 Å². The van der Waals surface area contributed by atoms with Crippen molar-refractivity contribution in [2.45, 2.75) is 26.3 Å². The highest BCUT2D eigenvalue weighted by Gasteiger charge is 2.26. The normalized spacial score (nSPS) is 16.7. The van der Waals surface area contributed by atoms with Crippen LogP contribution in [0.4, 0.5) is 0 Å². The van der Waals surface area contributed by atoms with Gasteiger partial charge < -0.3 is 10.2 Å². The maximum absolute atomic E-state index is 12.7. The first kappa shape index (κ1) is 17.2. The number of likely N-dealkylation sites (tertiary alicyclic amines) is 1. The minimum atomic E-state index is -0.0540. The van der Waals surface area contributed by atoms with Crippen molar-refractivity contribution in [2.24, 2.45) is 5.92 Å². The van der Waals surface area contributed by atoms with Gasteiger partial charge in [-0.05, 0) is 42.0 Å². The molecule has 0 aromatic heterocycles. The Balaban J connectivity index is 1.55. The van der Waals surface area contributed by atoms with E-state index < -0.39 is 0 Å². The molecule has 2 aromatic carbocycles. The monoisotopic (exact) mass is 336 g/mol. The molecule has 0 spiro atoms. The molecule has 0 saturated carbocycles. The lowest BCUT2D eigenvalue weighted by Crippen LogP contribution is -2.29. The Hall–Kier alpha value is -2.62. The van der Waals surface area contributed by atoms with E-state index in [0.29, 0.717) is 18.0 Å². The number of carbonyl (C=O) groups excluding carboxylic acids is 2. The van der Waals surface area contributed by atoms with E-state index in [-0.39, 0.29) is 11.8 Å². The molecule has 1 aliphatic heterocycles. The lowest BCUT2D eigenvalue weighted by molar-refractivity contribution is -0.119. The van der Waals surface area contributed by atoms with Gasteiger partial charge >= 0.3 is 0 Å². The highest BCUT2D eigenvalue weighted by Crippen LogP contribution is 2.22. The van der Waals surface area contributed by atoms with Gasteiger partial charge in [0.15, 0.2) is 0 Å². The van der Waals surface area contributed by atoms with Crippen LogP contribution in [-0.2, 0) is 17.8 Å². The van der Waals surface area contributed by atoms with Crippen molar-refractivity contribution in [3.05, 3.63) is 71.3 Å². The topological polar surface area (TPSA) is 49.4 Å². The summed E-state index contributed by atoms with van der Waals surface area (Å²) < 4.78 is 0. The summed E-state index contributed by atoms with van der Waals surface area (Å²) in [7, 11) is 0. The van der Waals surface area contributed by atoms with E-state index in [9.17, 15) is 9.59 Å². The molecule has 1 saturated heterocycles. The van der Waals surface area contributed by atoms with Gasteiger partial charge in [0.2, 0.25) is 5.91 Å². The number of hydrogen-bond donors (Lipinski definition) is 1. The third kappa shape index (κ3) is 4.69. The fourth-order valence-corrected chi connectivity index (χ4v) is 3.31. The summed E-state index contributed by atoms with van der Waals surface area (Å²) in [6.07, 6.45) is 2.08. The van der Waals surface area contributed by atoms with Crippen LogP contribution in [0, 0.1) is 5.92 Å². The standard InChI is InChI=1S/C21H24N2O2/c1-16(24)22-14-18-7-9-20(10-8-18)21(25)23-12-11-19(15-23)13-17-5-3-2-4-6-17/h2-10,19H,11-15H2,1H3,(H,22,24). The fraction of sp³-hybridized carbons (Fsp3) is 0.333. The minimum Gasteiger partial charge on any atom is -0.352 e. The van der Waals surface area contributed by atoms with Crippen molar-refractivity contribution in [1.29, 1.82) is 0 Å². The van der Waals surface area contributed by atoms with Gasteiger partial charge in [0, 0.05) is 32.1 Å². The average molecular weight is 336 g/mol. The smallest absolute Gasteiger partial charge is 0.253 e. The van der Waals surface area contributed by atoms with Crippen LogP contribution in [-0.4, -0.2) is 29.8 Å². The van der Waals surface area contributed by atoms with E-state index in [1.807, 2.05) is 35.2 Å². The third-order valence-electron chi connectivity index (χ3n) is 4.68. The molecule has 2 aromatic rings. The predicted molar refractivity (Wildman–Crippen MR) is 98.1 cm³/mol. The van der Waals surface area contributed by atoms with Crippen molar-refractivity contribution in [1.82, 2.24) is 10.2 Å². The first-order valence-corrected chi connectivity index (χ1v) is 8.78. The number of hydrogen-bond acceptors (Lipinski definition) is 2. The summed E-state index contributed by atoms with van der Waals surface area (Å²) in [5, 5.41) is 2.76. The molecule has 1 N–H and O–H groups in total. The van der Waals surface area contributed by atoms with Crippen LogP contribution in [0.25, 0.3) is 0 Å². The maximum atomic E-state index is 12.7. The first-order chi connectivity index (χ1) is 12.1. The van der Waals surface area contributed by atoms with E-state index in [4.69, 9.17) is 0 Å². The van der Waals surface area contributed by atoms with E-state index in [1.54, 1.807) is 0 Å². The summed E-state index contributed by atoms with van der Waals surface area (Å²) in [5.41, 5.74) is 3.05. The first-order valence-electron chi connectivity index (χ1n) is 8.78. The molecule has 0 aliphatic carbocycles. The van der Waals surface area contributed by atoms with Crippen LogP contribution in [0.3, 0.4) is 0 Å².